The lowest BCUT2D eigenvalue weighted by Crippen LogP contribution is -2.18. The zero-order chi connectivity index (χ0) is 19.8. The van der Waals surface area contributed by atoms with Crippen LogP contribution < -0.4 is 4.74 Å². The Bertz CT molecular complexity index is 774. The number of methoxy groups -OCH3 is 1. The number of hydrogen-bond acceptors (Lipinski definition) is 6. The summed E-state index contributed by atoms with van der Waals surface area (Å²) in [6, 6.07) is 5.06. The Labute approximate surface area is 170 Å². The van der Waals surface area contributed by atoms with Gasteiger partial charge in [0.1, 0.15) is 12.9 Å². The first-order valence-electron chi connectivity index (χ1n) is 8.81. The predicted octanol–water partition coefficient (Wildman–Crippen LogP) is 5.48. The number of carbonyl (C=O) groups excluding carboxylic acids is 1. The van der Waals surface area contributed by atoms with Crippen LogP contribution in [0.25, 0.3) is 0 Å². The van der Waals surface area contributed by atoms with Gasteiger partial charge in [0, 0.05) is 40.9 Å². The first-order valence-corrected chi connectivity index (χ1v) is 10.0. The highest BCUT2D eigenvalue weighted by Crippen LogP contribution is 2.42. The second-order valence-corrected chi connectivity index (χ2v) is 7.53. The predicted molar refractivity (Wildman–Crippen MR) is 112 cm³/mol. The molecular weight excluding hydrogens is 384 g/mol. The number of benzene rings is 1. The van der Waals surface area contributed by atoms with Crippen molar-refractivity contribution in [2.45, 2.75) is 33.1 Å². The fourth-order valence-corrected chi connectivity index (χ4v) is 4.06. The molecule has 0 atom stereocenters. The molecule has 7 heteroatoms. The van der Waals surface area contributed by atoms with Crippen LogP contribution in [0.2, 0.25) is 5.02 Å². The van der Waals surface area contributed by atoms with Gasteiger partial charge in [-0.05, 0) is 31.5 Å². The Hall–Kier alpha value is -1.92. The first-order chi connectivity index (χ1) is 13.0. The molecule has 0 spiro atoms. The fourth-order valence-electron chi connectivity index (χ4n) is 2.72. The average molecular weight is 409 g/mol. The second-order valence-electron chi connectivity index (χ2n) is 5.98. The van der Waals surface area contributed by atoms with Crippen molar-refractivity contribution >= 4 is 35.4 Å². The molecule has 0 unspecified atom stereocenters. The Morgan fingerprint density at radius 2 is 2.15 bits per heavy atom. The van der Waals surface area contributed by atoms with E-state index in [2.05, 4.69) is 23.9 Å². The number of rotatable bonds is 9. The third-order valence-electron chi connectivity index (χ3n) is 4.18. The zero-order valence-electron chi connectivity index (χ0n) is 16.1. The molecule has 1 aromatic carbocycles. The van der Waals surface area contributed by atoms with Crippen LogP contribution in [0.15, 0.2) is 45.1 Å². The highest BCUT2D eigenvalue weighted by Gasteiger charge is 2.25. The van der Waals surface area contributed by atoms with Crippen LogP contribution in [0.3, 0.4) is 0 Å². The van der Waals surface area contributed by atoms with Crippen molar-refractivity contribution in [3.63, 3.8) is 0 Å². The number of hydrogen-bond donors (Lipinski definition) is 0. The molecule has 0 fully saturated rings. The first kappa shape index (κ1) is 21.4. The van der Waals surface area contributed by atoms with E-state index in [0.717, 1.165) is 35.0 Å². The molecule has 1 aromatic rings. The van der Waals surface area contributed by atoms with Gasteiger partial charge >= 0.3 is 0 Å². The van der Waals surface area contributed by atoms with Crippen molar-refractivity contribution in [1.29, 1.82) is 0 Å². The molecule has 0 saturated carbocycles. The smallest absolute Gasteiger partial charge is 0.192 e. The van der Waals surface area contributed by atoms with E-state index in [1.807, 2.05) is 0 Å². The van der Waals surface area contributed by atoms with Crippen LogP contribution >= 0.6 is 23.4 Å². The number of ether oxygens (including phenoxy) is 1. The van der Waals surface area contributed by atoms with Gasteiger partial charge < -0.3 is 14.5 Å². The van der Waals surface area contributed by atoms with Gasteiger partial charge in [-0.3, -0.25) is 4.79 Å². The van der Waals surface area contributed by atoms with Gasteiger partial charge in [0.05, 0.1) is 17.7 Å². The lowest BCUT2D eigenvalue weighted by Gasteiger charge is -2.21. The maximum Gasteiger partial charge on any atom is 0.192 e. The Balaban J connectivity index is 2.30. The molecule has 0 amide bonds. The molecule has 0 bridgehead atoms. The highest BCUT2D eigenvalue weighted by molar-refractivity contribution is 8.07. The minimum Gasteiger partial charge on any atom is -0.496 e. The van der Waals surface area contributed by atoms with E-state index in [1.54, 1.807) is 49.4 Å². The molecular formula is C20H25ClN2O3S. The second kappa shape index (κ2) is 10.4. The van der Waals surface area contributed by atoms with E-state index >= 15 is 0 Å². The Kier molecular flexibility index (Phi) is 8.25. The van der Waals surface area contributed by atoms with Crippen LogP contribution in [0, 0.1) is 0 Å². The maximum absolute atomic E-state index is 12.9. The number of nitrogens with zero attached hydrogens (tertiary/aromatic N) is 2. The summed E-state index contributed by atoms with van der Waals surface area (Å²) in [4.78, 5) is 21.0. The van der Waals surface area contributed by atoms with E-state index < -0.39 is 0 Å². The summed E-state index contributed by atoms with van der Waals surface area (Å²) < 4.78 is 5.31. The SMILES string of the molecule is CCCCN1C(C)=C(C/C=N/OC)S/C1=C\C(=O)c1cc(Cl)ccc1OC. The quantitative estimate of drug-likeness (QED) is 0.234. The monoisotopic (exact) mass is 408 g/mol. The zero-order valence-corrected chi connectivity index (χ0v) is 17.7. The third-order valence-corrected chi connectivity index (χ3v) is 5.67. The molecule has 27 heavy (non-hydrogen) atoms. The van der Waals surface area contributed by atoms with Gasteiger partial charge in [-0.2, -0.15) is 0 Å². The molecule has 1 aliphatic rings. The summed E-state index contributed by atoms with van der Waals surface area (Å²) in [6.45, 7) is 5.09. The molecule has 0 saturated heterocycles. The lowest BCUT2D eigenvalue weighted by atomic mass is 10.1. The summed E-state index contributed by atoms with van der Waals surface area (Å²) in [5.74, 6) is 0.388. The molecule has 1 heterocycles. The van der Waals surface area contributed by atoms with Gasteiger partial charge in [-0.25, -0.2) is 0 Å². The van der Waals surface area contributed by atoms with Crippen molar-refractivity contribution < 1.29 is 14.4 Å². The molecule has 0 radical (unpaired) electrons. The lowest BCUT2D eigenvalue weighted by molar-refractivity contribution is 0.104. The summed E-state index contributed by atoms with van der Waals surface area (Å²) in [5, 5.41) is 5.23. The highest BCUT2D eigenvalue weighted by atomic mass is 35.5. The van der Waals surface area contributed by atoms with E-state index in [1.165, 1.54) is 7.11 Å². The minimum absolute atomic E-state index is 0.127. The molecule has 146 valence electrons. The summed E-state index contributed by atoms with van der Waals surface area (Å²) in [5.41, 5.74) is 1.61. The number of unbranched alkanes of at least 4 members (excludes halogenated alkanes) is 1. The van der Waals surface area contributed by atoms with Crippen LogP contribution in [-0.2, 0) is 4.84 Å². The maximum atomic E-state index is 12.9. The van der Waals surface area contributed by atoms with E-state index in [9.17, 15) is 4.79 Å². The standard InChI is InChI=1S/C20H25ClN2O3S/c1-5-6-11-23-14(2)19(9-10-22-26-4)27-20(23)13-17(24)16-12-15(21)7-8-18(16)25-3/h7-8,10,12-13H,5-6,9,11H2,1-4H3/b20-13-,22-10+. The number of ketones is 1. The molecule has 0 N–H and O–H groups in total. The van der Waals surface area contributed by atoms with E-state index in [0.29, 0.717) is 22.8 Å². The number of thioether (sulfide) groups is 1. The summed E-state index contributed by atoms with van der Waals surface area (Å²) in [7, 11) is 3.07. The van der Waals surface area contributed by atoms with Gasteiger partial charge in [0.15, 0.2) is 5.78 Å². The Morgan fingerprint density at radius 1 is 1.37 bits per heavy atom. The third kappa shape index (κ3) is 5.53. The largest absolute Gasteiger partial charge is 0.496 e. The molecule has 2 rings (SSSR count). The number of allylic oxidation sites excluding steroid dienone is 3. The van der Waals surface area contributed by atoms with Crippen molar-refractivity contribution in [3.05, 3.63) is 50.5 Å². The van der Waals surface area contributed by atoms with Crippen LogP contribution in [0.4, 0.5) is 0 Å². The number of oxime groups is 1. The average Bonchev–Trinajstić information content (AvgIpc) is 2.95. The van der Waals surface area contributed by atoms with Crippen molar-refractivity contribution in [2.75, 3.05) is 20.8 Å². The summed E-state index contributed by atoms with van der Waals surface area (Å²) in [6.07, 6.45) is 6.19. The van der Waals surface area contributed by atoms with Crippen molar-refractivity contribution in [2.24, 2.45) is 5.16 Å². The van der Waals surface area contributed by atoms with Crippen LogP contribution in [0.1, 0.15) is 43.5 Å². The van der Waals surface area contributed by atoms with Gasteiger partial charge in [-0.15, -0.1) is 0 Å². The fraction of sp³-hybridized carbons (Fsp3) is 0.400. The molecule has 1 aliphatic heterocycles. The van der Waals surface area contributed by atoms with Crippen molar-refractivity contribution in [1.82, 2.24) is 4.90 Å². The minimum atomic E-state index is -0.127. The molecule has 0 aliphatic carbocycles. The molecule has 0 aromatic heterocycles. The normalized spacial score (nSPS) is 15.9. The van der Waals surface area contributed by atoms with Crippen molar-refractivity contribution in [3.8, 4) is 5.75 Å². The van der Waals surface area contributed by atoms with Crippen LogP contribution in [-0.4, -0.2) is 37.7 Å². The number of carbonyl (C=O) groups is 1. The van der Waals surface area contributed by atoms with Crippen LogP contribution in [0.5, 0.6) is 5.75 Å². The molecule has 5 nitrogen and oxygen atoms in total. The summed E-state index contributed by atoms with van der Waals surface area (Å²) >= 11 is 7.66. The number of halogens is 1. The van der Waals surface area contributed by atoms with Gasteiger partial charge in [0.2, 0.25) is 0 Å². The van der Waals surface area contributed by atoms with E-state index in [4.69, 9.17) is 21.2 Å². The van der Waals surface area contributed by atoms with Gasteiger partial charge in [-0.1, -0.05) is 41.9 Å². The van der Waals surface area contributed by atoms with E-state index in [-0.39, 0.29) is 5.78 Å². The Morgan fingerprint density at radius 3 is 2.81 bits per heavy atom. The topological polar surface area (TPSA) is 51.1 Å². The van der Waals surface area contributed by atoms with Gasteiger partial charge in [0.25, 0.3) is 0 Å².